The van der Waals surface area contributed by atoms with E-state index in [-0.39, 0.29) is 0 Å². The van der Waals surface area contributed by atoms with Gasteiger partial charge in [-0.25, -0.2) is 4.98 Å². The van der Waals surface area contributed by atoms with Crippen molar-refractivity contribution in [2.45, 2.75) is 20.8 Å². The van der Waals surface area contributed by atoms with Crippen LogP contribution in [-0.4, -0.2) is 34.2 Å². The van der Waals surface area contributed by atoms with E-state index in [0.29, 0.717) is 30.4 Å². The van der Waals surface area contributed by atoms with Gasteiger partial charge in [0, 0.05) is 47.0 Å². The largest absolute Gasteiger partial charge is 0.476 e. The first-order valence-corrected chi connectivity index (χ1v) is 12.8. The average Bonchev–Trinajstić information content (AvgIpc) is 3.30. The summed E-state index contributed by atoms with van der Waals surface area (Å²) < 4.78 is 7.51. The van der Waals surface area contributed by atoms with Crippen molar-refractivity contribution in [2.24, 2.45) is 0 Å². The van der Waals surface area contributed by atoms with Gasteiger partial charge < -0.3 is 19.8 Å². The van der Waals surface area contributed by atoms with E-state index in [4.69, 9.17) is 4.74 Å². The summed E-state index contributed by atoms with van der Waals surface area (Å²) in [5.41, 5.74) is 7.31. The fourth-order valence-electron chi connectivity index (χ4n) is 4.56. The van der Waals surface area contributed by atoms with Gasteiger partial charge in [0.2, 0.25) is 5.88 Å². The third kappa shape index (κ3) is 5.99. The minimum Gasteiger partial charge on any atom is -0.476 e. The van der Waals surface area contributed by atoms with Crippen molar-refractivity contribution in [3.8, 4) is 17.0 Å². The van der Waals surface area contributed by atoms with Crippen molar-refractivity contribution in [2.75, 3.05) is 23.8 Å². The zero-order valence-electron chi connectivity index (χ0n) is 22.2. The summed E-state index contributed by atoms with van der Waals surface area (Å²) in [5, 5.41) is 6.03. The number of pyridine rings is 2. The number of carbonyl (C=O) groups is 2. The number of nitrogens with zero attached hydrogens (tertiary/aromatic N) is 2. The SMILES string of the molecule is Cc1cc(C)nc(OCCNc2ccc(NC(=O)C(=O)c3c(-c4ccccc4)cc4cc(C)ccn34)cc2)c1. The summed E-state index contributed by atoms with van der Waals surface area (Å²) in [6.07, 6.45) is 1.83. The zero-order valence-corrected chi connectivity index (χ0v) is 22.2. The summed E-state index contributed by atoms with van der Waals surface area (Å²) in [6, 6.07) is 26.6. The molecule has 0 aliphatic carbocycles. The summed E-state index contributed by atoms with van der Waals surface area (Å²) >= 11 is 0. The Kier molecular flexibility index (Phi) is 7.41. The van der Waals surface area contributed by atoms with Gasteiger partial charge >= 0.3 is 0 Å². The molecule has 7 heteroatoms. The lowest BCUT2D eigenvalue weighted by Crippen LogP contribution is -2.24. The van der Waals surface area contributed by atoms with Crippen LogP contribution >= 0.6 is 0 Å². The van der Waals surface area contributed by atoms with Crippen molar-refractivity contribution in [1.29, 1.82) is 0 Å². The third-order valence-corrected chi connectivity index (χ3v) is 6.33. The lowest BCUT2D eigenvalue weighted by atomic mass is 10.0. The van der Waals surface area contributed by atoms with Crippen LogP contribution in [0.25, 0.3) is 16.6 Å². The fourth-order valence-corrected chi connectivity index (χ4v) is 4.56. The van der Waals surface area contributed by atoms with Crippen LogP contribution in [0.2, 0.25) is 0 Å². The Hall–Kier alpha value is -4.91. The zero-order chi connectivity index (χ0) is 27.4. The highest BCUT2D eigenvalue weighted by atomic mass is 16.5. The van der Waals surface area contributed by atoms with E-state index >= 15 is 0 Å². The molecule has 3 heterocycles. The predicted octanol–water partition coefficient (Wildman–Crippen LogP) is 6.24. The van der Waals surface area contributed by atoms with Gasteiger partial charge in [-0.05, 0) is 86.0 Å². The second-order valence-corrected chi connectivity index (χ2v) is 9.53. The van der Waals surface area contributed by atoms with Crippen LogP contribution in [0.4, 0.5) is 11.4 Å². The monoisotopic (exact) mass is 518 g/mol. The number of carbonyl (C=O) groups excluding carboxylic acids is 2. The molecule has 2 N–H and O–H groups in total. The van der Waals surface area contributed by atoms with Gasteiger partial charge in [0.05, 0.1) is 0 Å². The van der Waals surface area contributed by atoms with Gasteiger partial charge in [-0.1, -0.05) is 30.3 Å². The Morgan fingerprint density at radius 3 is 2.33 bits per heavy atom. The molecule has 2 aromatic carbocycles. The molecule has 0 saturated carbocycles. The van der Waals surface area contributed by atoms with Gasteiger partial charge in [-0.3, -0.25) is 9.59 Å². The quantitative estimate of drug-likeness (QED) is 0.137. The maximum atomic E-state index is 13.4. The molecule has 0 aliphatic rings. The molecule has 0 radical (unpaired) electrons. The second kappa shape index (κ2) is 11.2. The van der Waals surface area contributed by atoms with Crippen LogP contribution in [0.5, 0.6) is 5.88 Å². The van der Waals surface area contributed by atoms with Gasteiger partial charge in [-0.15, -0.1) is 0 Å². The number of rotatable bonds is 9. The van der Waals surface area contributed by atoms with Crippen LogP contribution in [0.3, 0.4) is 0 Å². The van der Waals surface area contributed by atoms with E-state index in [0.717, 1.165) is 39.2 Å². The molecule has 196 valence electrons. The minimum absolute atomic E-state index is 0.338. The number of ketones is 1. The van der Waals surface area contributed by atoms with E-state index in [1.807, 2.05) is 99.8 Å². The van der Waals surface area contributed by atoms with Gasteiger partial charge in [0.15, 0.2) is 0 Å². The number of anilines is 2. The summed E-state index contributed by atoms with van der Waals surface area (Å²) in [6.45, 7) is 6.99. The van der Waals surface area contributed by atoms with Crippen molar-refractivity contribution in [3.05, 3.63) is 114 Å². The molecule has 0 atom stereocenters. The van der Waals surface area contributed by atoms with E-state index in [1.165, 1.54) is 0 Å². The molecule has 0 unspecified atom stereocenters. The molecule has 0 saturated heterocycles. The predicted molar refractivity (Wildman–Crippen MR) is 155 cm³/mol. The highest BCUT2D eigenvalue weighted by Crippen LogP contribution is 2.29. The molecule has 0 aliphatic heterocycles. The molecule has 0 bridgehead atoms. The second-order valence-electron chi connectivity index (χ2n) is 9.53. The Balaban J connectivity index is 1.24. The Labute approximate surface area is 227 Å². The summed E-state index contributed by atoms with van der Waals surface area (Å²) in [5.74, 6) is -0.682. The fraction of sp³-hybridized carbons (Fsp3) is 0.156. The normalized spacial score (nSPS) is 10.8. The van der Waals surface area contributed by atoms with Crippen molar-refractivity contribution in [3.63, 3.8) is 0 Å². The standard InChI is InChI=1S/C32H30N4O3/c1-21-13-15-36-27(18-21)20-28(24-7-5-4-6-8-24)30(36)31(37)32(38)35-26-11-9-25(10-12-26)33-14-16-39-29-19-22(2)17-23(3)34-29/h4-13,15,17-20,33H,14,16H2,1-3H3,(H,35,38). The molecule has 0 fully saturated rings. The third-order valence-electron chi connectivity index (χ3n) is 6.33. The molecule has 3 aromatic heterocycles. The van der Waals surface area contributed by atoms with Crippen LogP contribution in [0, 0.1) is 20.8 Å². The molecular weight excluding hydrogens is 488 g/mol. The minimum atomic E-state index is -0.692. The van der Waals surface area contributed by atoms with E-state index in [9.17, 15) is 9.59 Å². The summed E-state index contributed by atoms with van der Waals surface area (Å²) in [4.78, 5) is 30.9. The highest BCUT2D eigenvalue weighted by Gasteiger charge is 2.25. The lowest BCUT2D eigenvalue weighted by molar-refractivity contribution is -0.112. The lowest BCUT2D eigenvalue weighted by Gasteiger charge is -2.11. The Bertz CT molecular complexity index is 1620. The van der Waals surface area contributed by atoms with E-state index in [2.05, 4.69) is 15.6 Å². The number of Topliss-reactive ketones (excluding diaryl/α,β-unsaturated/α-hetero) is 1. The maximum Gasteiger partial charge on any atom is 0.298 e. The number of benzene rings is 2. The number of ether oxygens (including phenoxy) is 1. The number of aromatic nitrogens is 2. The Morgan fingerprint density at radius 1 is 0.846 bits per heavy atom. The molecule has 39 heavy (non-hydrogen) atoms. The van der Waals surface area contributed by atoms with Gasteiger partial charge in [0.25, 0.3) is 11.7 Å². The van der Waals surface area contributed by atoms with Crippen LogP contribution in [-0.2, 0) is 4.79 Å². The smallest absolute Gasteiger partial charge is 0.298 e. The number of nitrogens with one attached hydrogen (secondary N) is 2. The topological polar surface area (TPSA) is 84.7 Å². The number of aryl methyl sites for hydroxylation is 3. The van der Waals surface area contributed by atoms with E-state index < -0.39 is 11.7 Å². The molecule has 0 spiro atoms. The number of fused-ring (bicyclic) bond motifs is 1. The van der Waals surface area contributed by atoms with Crippen LogP contribution in [0.1, 0.15) is 27.3 Å². The molecule has 7 nitrogen and oxygen atoms in total. The molecule has 1 amide bonds. The first-order valence-electron chi connectivity index (χ1n) is 12.8. The highest BCUT2D eigenvalue weighted by molar-refractivity contribution is 6.47. The molecule has 5 aromatic rings. The average molecular weight is 519 g/mol. The first-order chi connectivity index (χ1) is 18.9. The molecule has 5 rings (SSSR count). The Morgan fingerprint density at radius 2 is 1.59 bits per heavy atom. The van der Waals surface area contributed by atoms with E-state index in [1.54, 1.807) is 16.5 Å². The summed E-state index contributed by atoms with van der Waals surface area (Å²) in [7, 11) is 0. The first kappa shape index (κ1) is 25.7. The van der Waals surface area contributed by atoms with Crippen molar-refractivity contribution >= 4 is 28.6 Å². The van der Waals surface area contributed by atoms with Crippen molar-refractivity contribution < 1.29 is 14.3 Å². The molecular formula is C32H30N4O3. The van der Waals surface area contributed by atoms with Crippen LogP contribution < -0.4 is 15.4 Å². The van der Waals surface area contributed by atoms with Gasteiger partial charge in [0.1, 0.15) is 12.3 Å². The number of amides is 1. The van der Waals surface area contributed by atoms with Crippen molar-refractivity contribution in [1.82, 2.24) is 9.38 Å². The van der Waals surface area contributed by atoms with Gasteiger partial charge in [-0.2, -0.15) is 0 Å². The number of hydrogen-bond acceptors (Lipinski definition) is 5. The number of hydrogen-bond donors (Lipinski definition) is 2. The van der Waals surface area contributed by atoms with Crippen LogP contribution in [0.15, 0.2) is 91.1 Å². The maximum absolute atomic E-state index is 13.4.